The molecule has 0 unspecified atom stereocenters. The van der Waals surface area contributed by atoms with Crippen LogP contribution in [0.3, 0.4) is 0 Å². The van der Waals surface area contributed by atoms with Gasteiger partial charge in [0.2, 0.25) is 5.91 Å². The van der Waals surface area contributed by atoms with Crippen molar-refractivity contribution in [1.82, 2.24) is 19.6 Å². The molecule has 0 spiro atoms. The first-order valence-corrected chi connectivity index (χ1v) is 10.7. The Labute approximate surface area is 174 Å². The molecule has 1 aromatic rings. The molecule has 2 fully saturated rings. The lowest BCUT2D eigenvalue weighted by Crippen LogP contribution is -2.55. The number of ether oxygens (including phenoxy) is 1. The number of piperazine rings is 1. The molecule has 29 heavy (non-hydrogen) atoms. The lowest BCUT2D eigenvalue weighted by molar-refractivity contribution is -0.134. The SMILES string of the molecule is CCN(CC(=O)N1CCN(C2CCN(C)CC2)CC1)C(=O)c1ccc(OC)cc1. The summed E-state index contributed by atoms with van der Waals surface area (Å²) in [7, 11) is 3.78. The summed E-state index contributed by atoms with van der Waals surface area (Å²) in [4.78, 5) is 34.1. The minimum atomic E-state index is -0.117. The zero-order valence-corrected chi connectivity index (χ0v) is 18.0. The molecule has 0 bridgehead atoms. The molecule has 3 rings (SSSR count). The van der Waals surface area contributed by atoms with E-state index in [1.807, 2.05) is 11.8 Å². The van der Waals surface area contributed by atoms with Gasteiger partial charge in [0.05, 0.1) is 7.11 Å². The van der Waals surface area contributed by atoms with Crippen LogP contribution in [0, 0.1) is 0 Å². The number of amides is 2. The van der Waals surface area contributed by atoms with Crippen LogP contribution in [0.15, 0.2) is 24.3 Å². The predicted molar refractivity (Wildman–Crippen MR) is 113 cm³/mol. The van der Waals surface area contributed by atoms with Crippen LogP contribution >= 0.6 is 0 Å². The number of carbonyl (C=O) groups is 2. The van der Waals surface area contributed by atoms with E-state index in [-0.39, 0.29) is 18.4 Å². The van der Waals surface area contributed by atoms with E-state index < -0.39 is 0 Å². The topological polar surface area (TPSA) is 56.3 Å². The van der Waals surface area contributed by atoms with E-state index >= 15 is 0 Å². The van der Waals surface area contributed by atoms with Gasteiger partial charge in [0.15, 0.2) is 0 Å². The Morgan fingerprint density at radius 3 is 2.21 bits per heavy atom. The quantitative estimate of drug-likeness (QED) is 0.720. The first-order valence-electron chi connectivity index (χ1n) is 10.7. The number of benzene rings is 1. The normalized spacial score (nSPS) is 19.2. The summed E-state index contributed by atoms with van der Waals surface area (Å²) in [6.45, 7) is 8.22. The van der Waals surface area contributed by atoms with Crippen molar-refractivity contribution in [3.05, 3.63) is 29.8 Å². The average molecular weight is 403 g/mol. The fourth-order valence-corrected chi connectivity index (χ4v) is 4.20. The van der Waals surface area contributed by atoms with Gasteiger partial charge >= 0.3 is 0 Å². The van der Waals surface area contributed by atoms with Crippen LogP contribution in [0.1, 0.15) is 30.1 Å². The first kappa shape index (κ1) is 21.6. The van der Waals surface area contributed by atoms with Gasteiger partial charge in [0, 0.05) is 44.3 Å². The molecule has 2 saturated heterocycles. The molecular weight excluding hydrogens is 368 g/mol. The van der Waals surface area contributed by atoms with E-state index in [1.165, 1.54) is 12.8 Å². The van der Waals surface area contributed by atoms with Crippen molar-refractivity contribution in [1.29, 1.82) is 0 Å². The van der Waals surface area contributed by atoms with E-state index in [0.29, 0.717) is 23.9 Å². The number of rotatable bonds is 6. The second kappa shape index (κ2) is 10.1. The third-order valence-corrected chi connectivity index (χ3v) is 6.20. The molecule has 0 N–H and O–H groups in total. The molecule has 7 nitrogen and oxygen atoms in total. The molecule has 2 heterocycles. The number of methoxy groups -OCH3 is 1. The number of likely N-dealkylation sites (tertiary alicyclic amines) is 1. The van der Waals surface area contributed by atoms with Crippen LogP contribution in [-0.4, -0.2) is 104 Å². The molecule has 0 aromatic heterocycles. The third kappa shape index (κ3) is 5.48. The van der Waals surface area contributed by atoms with Crippen LogP contribution in [0.25, 0.3) is 0 Å². The molecule has 7 heteroatoms. The Balaban J connectivity index is 1.50. The Bertz CT molecular complexity index is 678. The Morgan fingerprint density at radius 2 is 1.66 bits per heavy atom. The van der Waals surface area contributed by atoms with E-state index in [1.54, 1.807) is 36.3 Å². The average Bonchev–Trinajstić information content (AvgIpc) is 2.77. The largest absolute Gasteiger partial charge is 0.497 e. The molecule has 0 atom stereocenters. The molecule has 0 saturated carbocycles. The Hall–Kier alpha value is -2.12. The van der Waals surface area contributed by atoms with Crippen molar-refractivity contribution < 1.29 is 14.3 Å². The molecule has 0 radical (unpaired) electrons. The zero-order valence-electron chi connectivity index (χ0n) is 18.0. The van der Waals surface area contributed by atoms with Gasteiger partial charge in [-0.05, 0) is 64.2 Å². The number of carbonyl (C=O) groups excluding carboxylic acids is 2. The first-order chi connectivity index (χ1) is 14.0. The van der Waals surface area contributed by atoms with E-state index in [0.717, 1.165) is 39.3 Å². The smallest absolute Gasteiger partial charge is 0.254 e. The van der Waals surface area contributed by atoms with Crippen LogP contribution in [0.5, 0.6) is 5.75 Å². The fourth-order valence-electron chi connectivity index (χ4n) is 4.20. The maximum Gasteiger partial charge on any atom is 0.254 e. The van der Waals surface area contributed by atoms with Gasteiger partial charge in [-0.3, -0.25) is 14.5 Å². The molecule has 2 amide bonds. The van der Waals surface area contributed by atoms with Crippen molar-refractivity contribution in [3.8, 4) is 5.75 Å². The molecule has 2 aliphatic rings. The van der Waals surface area contributed by atoms with Gasteiger partial charge in [-0.2, -0.15) is 0 Å². The van der Waals surface area contributed by atoms with Crippen molar-refractivity contribution >= 4 is 11.8 Å². The number of hydrogen-bond donors (Lipinski definition) is 0. The number of hydrogen-bond acceptors (Lipinski definition) is 5. The van der Waals surface area contributed by atoms with Gasteiger partial charge in [-0.25, -0.2) is 0 Å². The van der Waals surface area contributed by atoms with E-state index in [9.17, 15) is 9.59 Å². The molecule has 160 valence electrons. The monoisotopic (exact) mass is 402 g/mol. The summed E-state index contributed by atoms with van der Waals surface area (Å²) in [5.74, 6) is 0.633. The summed E-state index contributed by atoms with van der Waals surface area (Å²) in [6, 6.07) is 7.67. The fraction of sp³-hybridized carbons (Fsp3) is 0.636. The second-order valence-corrected chi connectivity index (χ2v) is 8.00. The molecule has 1 aromatic carbocycles. The molecule has 2 aliphatic heterocycles. The minimum absolute atomic E-state index is 0.0386. The Kier molecular flexibility index (Phi) is 7.50. The van der Waals surface area contributed by atoms with Gasteiger partial charge in [-0.15, -0.1) is 0 Å². The summed E-state index contributed by atoms with van der Waals surface area (Å²) in [5, 5.41) is 0. The highest BCUT2D eigenvalue weighted by atomic mass is 16.5. The van der Waals surface area contributed by atoms with Crippen molar-refractivity contribution in [2.45, 2.75) is 25.8 Å². The van der Waals surface area contributed by atoms with Crippen LogP contribution in [0.2, 0.25) is 0 Å². The maximum atomic E-state index is 12.8. The Morgan fingerprint density at radius 1 is 1.03 bits per heavy atom. The highest BCUT2D eigenvalue weighted by Gasteiger charge is 2.29. The minimum Gasteiger partial charge on any atom is -0.497 e. The lowest BCUT2D eigenvalue weighted by Gasteiger charge is -2.42. The highest BCUT2D eigenvalue weighted by molar-refractivity contribution is 5.96. The number of likely N-dealkylation sites (N-methyl/N-ethyl adjacent to an activating group) is 1. The van der Waals surface area contributed by atoms with Gasteiger partial charge in [0.25, 0.3) is 5.91 Å². The van der Waals surface area contributed by atoms with Crippen molar-refractivity contribution in [2.24, 2.45) is 0 Å². The predicted octanol–water partition coefficient (Wildman–Crippen LogP) is 1.40. The van der Waals surface area contributed by atoms with E-state index in [2.05, 4.69) is 16.8 Å². The number of nitrogens with zero attached hydrogens (tertiary/aromatic N) is 4. The summed E-state index contributed by atoms with van der Waals surface area (Å²) >= 11 is 0. The summed E-state index contributed by atoms with van der Waals surface area (Å²) in [6.07, 6.45) is 2.43. The third-order valence-electron chi connectivity index (χ3n) is 6.20. The lowest BCUT2D eigenvalue weighted by atomic mass is 10.0. The highest BCUT2D eigenvalue weighted by Crippen LogP contribution is 2.18. The molecular formula is C22H34N4O3. The van der Waals surface area contributed by atoms with Gasteiger partial charge in [0.1, 0.15) is 12.3 Å². The maximum absolute atomic E-state index is 12.8. The van der Waals surface area contributed by atoms with Crippen LogP contribution in [-0.2, 0) is 4.79 Å². The molecule has 0 aliphatic carbocycles. The van der Waals surface area contributed by atoms with Crippen molar-refractivity contribution in [2.75, 3.05) is 66.5 Å². The summed E-state index contributed by atoms with van der Waals surface area (Å²) < 4.78 is 5.15. The summed E-state index contributed by atoms with van der Waals surface area (Å²) in [5.41, 5.74) is 0.576. The van der Waals surface area contributed by atoms with E-state index in [4.69, 9.17) is 4.74 Å². The standard InChI is InChI=1S/C22H34N4O3/c1-4-24(22(28)18-5-7-20(29-3)8-6-18)17-21(27)26-15-13-25(14-16-26)19-9-11-23(2)12-10-19/h5-8,19H,4,9-17H2,1-3H3. The van der Waals surface area contributed by atoms with Gasteiger partial charge < -0.3 is 19.4 Å². The van der Waals surface area contributed by atoms with Crippen molar-refractivity contribution in [3.63, 3.8) is 0 Å². The second-order valence-electron chi connectivity index (χ2n) is 8.00. The number of piperidine rings is 1. The van der Waals surface area contributed by atoms with Crippen LogP contribution < -0.4 is 4.74 Å². The van der Waals surface area contributed by atoms with Crippen LogP contribution in [0.4, 0.5) is 0 Å². The van der Waals surface area contributed by atoms with Gasteiger partial charge in [-0.1, -0.05) is 0 Å². The zero-order chi connectivity index (χ0) is 20.8.